The molecule has 2 aromatic carbocycles. The molecule has 0 spiro atoms. The number of rotatable bonds is 4. The molecule has 28 heavy (non-hydrogen) atoms. The number of anilines is 1. The zero-order valence-corrected chi connectivity index (χ0v) is 16.8. The summed E-state index contributed by atoms with van der Waals surface area (Å²) in [7, 11) is 3.06. The minimum Gasteiger partial charge on any atom is -0.497 e. The molecule has 7 heteroatoms. The minimum atomic E-state index is -0.547. The highest BCUT2D eigenvalue weighted by atomic mass is 32.1. The third-order valence-corrected chi connectivity index (χ3v) is 4.72. The Morgan fingerprint density at radius 1 is 1.04 bits per heavy atom. The van der Waals surface area contributed by atoms with Gasteiger partial charge in [-0.05, 0) is 55.9 Å². The van der Waals surface area contributed by atoms with Crippen LogP contribution < -0.4 is 19.7 Å². The minimum absolute atomic E-state index is 0.0305. The summed E-state index contributed by atoms with van der Waals surface area (Å²) in [6.45, 7) is 3.86. The van der Waals surface area contributed by atoms with Crippen molar-refractivity contribution in [2.75, 3.05) is 19.1 Å². The highest BCUT2D eigenvalue weighted by molar-refractivity contribution is 7.80. The number of hydrogen-bond acceptors (Lipinski definition) is 5. The predicted molar refractivity (Wildman–Crippen MR) is 112 cm³/mol. The number of nitrogens with zero attached hydrogens (tertiary/aromatic N) is 1. The first-order valence-electron chi connectivity index (χ1n) is 8.56. The molecule has 2 aromatic rings. The number of benzene rings is 2. The molecule has 1 N–H and O–H groups in total. The van der Waals surface area contributed by atoms with Crippen molar-refractivity contribution in [1.82, 2.24) is 5.32 Å². The van der Waals surface area contributed by atoms with Crippen LogP contribution in [0.3, 0.4) is 0 Å². The predicted octanol–water partition coefficient (Wildman–Crippen LogP) is 3.15. The van der Waals surface area contributed by atoms with E-state index in [0.717, 1.165) is 11.1 Å². The van der Waals surface area contributed by atoms with Gasteiger partial charge in [-0.2, -0.15) is 0 Å². The third kappa shape index (κ3) is 3.61. The number of amides is 2. The summed E-state index contributed by atoms with van der Waals surface area (Å²) in [5.41, 5.74) is 3.13. The monoisotopic (exact) mass is 396 g/mol. The molecular weight excluding hydrogens is 376 g/mol. The highest BCUT2D eigenvalue weighted by Gasteiger charge is 2.35. The number of aryl methyl sites for hydroxylation is 2. The van der Waals surface area contributed by atoms with Gasteiger partial charge >= 0.3 is 0 Å². The number of carbonyl (C=O) groups is 2. The van der Waals surface area contributed by atoms with Crippen LogP contribution in [0.25, 0.3) is 6.08 Å². The maximum Gasteiger partial charge on any atom is 0.270 e. The molecule has 0 atom stereocenters. The second-order valence-electron chi connectivity index (χ2n) is 6.36. The van der Waals surface area contributed by atoms with E-state index in [9.17, 15) is 9.59 Å². The van der Waals surface area contributed by atoms with Gasteiger partial charge in [0.1, 0.15) is 17.1 Å². The molecule has 0 unspecified atom stereocenters. The van der Waals surface area contributed by atoms with Crippen LogP contribution >= 0.6 is 12.2 Å². The zero-order chi connectivity index (χ0) is 20.4. The van der Waals surface area contributed by atoms with Gasteiger partial charge in [0.25, 0.3) is 11.8 Å². The van der Waals surface area contributed by atoms with Crippen LogP contribution in [0.4, 0.5) is 5.69 Å². The molecule has 1 aliphatic rings. The summed E-state index contributed by atoms with van der Waals surface area (Å²) < 4.78 is 10.5. The van der Waals surface area contributed by atoms with Crippen LogP contribution in [-0.4, -0.2) is 31.1 Å². The smallest absolute Gasteiger partial charge is 0.270 e. The van der Waals surface area contributed by atoms with Crippen molar-refractivity contribution in [1.29, 1.82) is 0 Å². The Hall–Kier alpha value is -3.19. The number of nitrogens with one attached hydrogen (secondary N) is 1. The van der Waals surface area contributed by atoms with E-state index in [-0.39, 0.29) is 10.7 Å². The van der Waals surface area contributed by atoms with Gasteiger partial charge in [-0.3, -0.25) is 19.8 Å². The molecule has 1 fully saturated rings. The van der Waals surface area contributed by atoms with E-state index in [0.29, 0.717) is 22.7 Å². The van der Waals surface area contributed by atoms with Gasteiger partial charge in [0.15, 0.2) is 5.11 Å². The number of hydrogen-bond donors (Lipinski definition) is 1. The van der Waals surface area contributed by atoms with E-state index in [4.69, 9.17) is 21.7 Å². The molecule has 1 heterocycles. The van der Waals surface area contributed by atoms with E-state index in [1.807, 2.05) is 32.0 Å². The first kappa shape index (κ1) is 19.6. The normalized spacial score (nSPS) is 15.6. The maximum absolute atomic E-state index is 13.2. The molecule has 0 aromatic heterocycles. The molecule has 144 valence electrons. The third-order valence-electron chi connectivity index (χ3n) is 4.44. The number of carbonyl (C=O) groups excluding carboxylic acids is 2. The molecule has 3 rings (SSSR count). The average molecular weight is 396 g/mol. The van der Waals surface area contributed by atoms with E-state index < -0.39 is 11.8 Å². The summed E-state index contributed by atoms with van der Waals surface area (Å²) in [5, 5.41) is 2.65. The fourth-order valence-electron chi connectivity index (χ4n) is 3.03. The molecule has 0 aliphatic carbocycles. The van der Waals surface area contributed by atoms with Crippen molar-refractivity contribution in [3.8, 4) is 11.5 Å². The highest BCUT2D eigenvalue weighted by Crippen LogP contribution is 2.29. The summed E-state index contributed by atoms with van der Waals surface area (Å²) in [5.74, 6) is 0.0580. The standard InChI is InChI=1S/C21H20N2O4S/c1-12-5-8-17(13(2)9-12)23-20(25)16(19(24)22-21(23)28)10-14-6-7-15(26-3)11-18(14)27-4/h5-11H,1-4H3,(H,22,24,28)/b16-10+. The number of methoxy groups -OCH3 is 2. The van der Waals surface area contributed by atoms with Crippen LogP contribution in [0, 0.1) is 13.8 Å². The van der Waals surface area contributed by atoms with E-state index in [2.05, 4.69) is 5.32 Å². The van der Waals surface area contributed by atoms with Crippen molar-refractivity contribution in [2.24, 2.45) is 0 Å². The Bertz CT molecular complexity index is 1010. The lowest BCUT2D eigenvalue weighted by molar-refractivity contribution is -0.122. The fraction of sp³-hybridized carbons (Fsp3) is 0.190. The van der Waals surface area contributed by atoms with Gasteiger partial charge < -0.3 is 9.47 Å². The van der Waals surface area contributed by atoms with Crippen LogP contribution in [0.5, 0.6) is 11.5 Å². The summed E-state index contributed by atoms with van der Waals surface area (Å²) >= 11 is 5.26. The molecule has 1 aliphatic heterocycles. The molecular formula is C21H20N2O4S. The van der Waals surface area contributed by atoms with Crippen molar-refractivity contribution in [3.63, 3.8) is 0 Å². The summed E-state index contributed by atoms with van der Waals surface area (Å²) in [6.07, 6.45) is 1.49. The van der Waals surface area contributed by atoms with Crippen molar-refractivity contribution in [3.05, 3.63) is 58.7 Å². The molecule has 6 nitrogen and oxygen atoms in total. The SMILES string of the molecule is COc1ccc(/C=C2\C(=O)NC(=S)N(c3ccc(C)cc3C)C2=O)c(OC)c1. The largest absolute Gasteiger partial charge is 0.497 e. The lowest BCUT2D eigenvalue weighted by Gasteiger charge is -2.30. The van der Waals surface area contributed by atoms with Gasteiger partial charge in [-0.15, -0.1) is 0 Å². The van der Waals surface area contributed by atoms with E-state index in [1.165, 1.54) is 18.1 Å². The molecule has 0 saturated carbocycles. The second kappa shape index (κ2) is 7.82. The van der Waals surface area contributed by atoms with Gasteiger partial charge in [-0.25, -0.2) is 0 Å². The quantitative estimate of drug-likeness (QED) is 0.489. The first-order chi connectivity index (χ1) is 13.3. The Morgan fingerprint density at radius 3 is 2.43 bits per heavy atom. The average Bonchev–Trinajstić information content (AvgIpc) is 2.66. The summed E-state index contributed by atoms with van der Waals surface area (Å²) in [6, 6.07) is 10.8. The van der Waals surface area contributed by atoms with Crippen LogP contribution in [-0.2, 0) is 9.59 Å². The van der Waals surface area contributed by atoms with Crippen molar-refractivity contribution in [2.45, 2.75) is 13.8 Å². The lowest BCUT2D eigenvalue weighted by Crippen LogP contribution is -2.54. The summed E-state index contributed by atoms with van der Waals surface area (Å²) in [4.78, 5) is 27.0. The van der Waals surface area contributed by atoms with Gasteiger partial charge in [0, 0.05) is 11.6 Å². The molecule has 1 saturated heterocycles. The number of ether oxygens (including phenoxy) is 2. The zero-order valence-electron chi connectivity index (χ0n) is 16.0. The Morgan fingerprint density at radius 2 is 1.79 bits per heavy atom. The molecule has 0 bridgehead atoms. The topological polar surface area (TPSA) is 67.9 Å². The maximum atomic E-state index is 13.2. The second-order valence-corrected chi connectivity index (χ2v) is 6.74. The van der Waals surface area contributed by atoms with Crippen LogP contribution in [0.1, 0.15) is 16.7 Å². The van der Waals surface area contributed by atoms with Gasteiger partial charge in [-0.1, -0.05) is 17.7 Å². The lowest BCUT2D eigenvalue weighted by atomic mass is 10.0. The number of thiocarbonyl (C=S) groups is 1. The Labute approximate surface area is 168 Å². The van der Waals surface area contributed by atoms with E-state index in [1.54, 1.807) is 25.3 Å². The molecule has 0 radical (unpaired) electrons. The van der Waals surface area contributed by atoms with Crippen LogP contribution in [0.15, 0.2) is 42.0 Å². The van der Waals surface area contributed by atoms with Crippen molar-refractivity contribution >= 4 is 40.9 Å². The Balaban J connectivity index is 2.06. The van der Waals surface area contributed by atoms with Crippen molar-refractivity contribution < 1.29 is 19.1 Å². The van der Waals surface area contributed by atoms with Crippen LogP contribution in [0.2, 0.25) is 0 Å². The fourth-order valence-corrected chi connectivity index (χ4v) is 3.30. The molecule has 2 amide bonds. The van der Waals surface area contributed by atoms with E-state index >= 15 is 0 Å². The first-order valence-corrected chi connectivity index (χ1v) is 8.97. The van der Waals surface area contributed by atoms with Gasteiger partial charge in [0.05, 0.1) is 19.9 Å². The van der Waals surface area contributed by atoms with Gasteiger partial charge in [0.2, 0.25) is 0 Å². The Kier molecular flexibility index (Phi) is 5.46.